The lowest BCUT2D eigenvalue weighted by molar-refractivity contribution is -0.379. The molecule has 23 heavy (non-hydrogen) atoms. The number of halogens is 14. The van der Waals surface area contributed by atoms with E-state index in [0.717, 1.165) is 0 Å². The van der Waals surface area contributed by atoms with Crippen LogP contribution in [0.3, 0.4) is 0 Å². The number of ether oxygens (including phenoxy) is 1. The summed E-state index contributed by atoms with van der Waals surface area (Å²) in [6.45, 7) is 0. The second-order valence-electron chi connectivity index (χ2n) is 4.75. The molecule has 1 spiro atoms. The molecule has 1 aliphatic carbocycles. The first-order valence-corrected chi connectivity index (χ1v) is 5.05. The molecule has 1 saturated heterocycles. The zero-order valence-electron chi connectivity index (χ0n) is 9.70. The molecule has 2 rings (SSSR count). The van der Waals surface area contributed by atoms with Crippen molar-refractivity contribution in [2.24, 2.45) is 0 Å². The van der Waals surface area contributed by atoms with Crippen LogP contribution < -0.4 is 0 Å². The van der Waals surface area contributed by atoms with Crippen LogP contribution in [-0.2, 0) is 4.74 Å². The number of hydrogen-bond donors (Lipinski definition) is 0. The summed E-state index contributed by atoms with van der Waals surface area (Å²) in [5.74, 6) is -44.5. The Morgan fingerprint density at radius 3 is 0.826 bits per heavy atom. The van der Waals surface area contributed by atoms with Crippen molar-refractivity contribution >= 4 is 0 Å². The lowest BCUT2D eigenvalue weighted by Crippen LogP contribution is -2.69. The van der Waals surface area contributed by atoms with E-state index in [1.807, 2.05) is 4.74 Å². The molecule has 0 radical (unpaired) electrons. The minimum Gasteiger partial charge on any atom is -0.289 e. The van der Waals surface area contributed by atoms with Gasteiger partial charge in [0.15, 0.2) is 0 Å². The van der Waals surface area contributed by atoms with Gasteiger partial charge in [0.1, 0.15) is 0 Å². The largest absolute Gasteiger partial charge is 0.427 e. The Kier molecular flexibility index (Phi) is 2.90. The van der Waals surface area contributed by atoms with E-state index >= 15 is 0 Å². The van der Waals surface area contributed by atoms with Gasteiger partial charge in [0.05, 0.1) is 0 Å². The summed E-state index contributed by atoms with van der Waals surface area (Å²) in [7, 11) is 0. The summed E-state index contributed by atoms with van der Waals surface area (Å²) in [5.41, 5.74) is -7.19. The van der Waals surface area contributed by atoms with Crippen molar-refractivity contribution in [1.29, 1.82) is 0 Å². The van der Waals surface area contributed by atoms with Crippen LogP contribution in [0.2, 0.25) is 0 Å². The maximum Gasteiger partial charge on any atom is 0.427 e. The van der Waals surface area contributed by atoms with Gasteiger partial charge < -0.3 is 0 Å². The Morgan fingerprint density at radius 1 is 0.348 bits per heavy atom. The standard InChI is InChI=1S/C8F14O/c9-2(10)1(3(11,12)6(17,18)5(2,15)16)4(13,14)7(19,20)8(21,22)23-1. The van der Waals surface area contributed by atoms with E-state index in [0.29, 0.717) is 0 Å². The Balaban J connectivity index is 2.96. The first-order chi connectivity index (χ1) is 9.71. The van der Waals surface area contributed by atoms with Gasteiger partial charge in [0.25, 0.3) is 5.60 Å². The Morgan fingerprint density at radius 2 is 0.609 bits per heavy atom. The summed E-state index contributed by atoms with van der Waals surface area (Å²) >= 11 is 0. The topological polar surface area (TPSA) is 9.23 Å². The molecular formula is C8F14O. The van der Waals surface area contributed by atoms with Crippen molar-refractivity contribution in [1.82, 2.24) is 0 Å². The molecule has 15 heteroatoms. The highest BCUT2D eigenvalue weighted by atomic mass is 19.4. The van der Waals surface area contributed by atoms with Crippen molar-refractivity contribution in [2.75, 3.05) is 0 Å². The third-order valence-corrected chi connectivity index (χ3v) is 3.55. The lowest BCUT2D eigenvalue weighted by atomic mass is 9.86. The van der Waals surface area contributed by atoms with Crippen LogP contribution in [0, 0.1) is 0 Å². The van der Waals surface area contributed by atoms with Crippen molar-refractivity contribution in [3.8, 4) is 0 Å². The van der Waals surface area contributed by atoms with Crippen molar-refractivity contribution in [3.05, 3.63) is 0 Å². The van der Waals surface area contributed by atoms with E-state index in [1.165, 1.54) is 0 Å². The summed E-state index contributed by atoms with van der Waals surface area (Å²) in [6.07, 6.45) is -6.86. The molecule has 1 saturated carbocycles. The fraction of sp³-hybridized carbons (Fsp3) is 1.00. The first kappa shape index (κ1) is 18.3. The summed E-state index contributed by atoms with van der Waals surface area (Å²) < 4.78 is 184. The Bertz CT molecular complexity index is 507. The van der Waals surface area contributed by atoms with Crippen LogP contribution in [0.5, 0.6) is 0 Å². The molecule has 0 aromatic heterocycles. The highest BCUT2D eigenvalue weighted by molar-refractivity contribution is 5.36. The Labute approximate surface area is 115 Å². The fourth-order valence-corrected chi connectivity index (χ4v) is 2.28. The van der Waals surface area contributed by atoms with E-state index in [2.05, 4.69) is 0 Å². The van der Waals surface area contributed by atoms with Crippen molar-refractivity contribution in [3.63, 3.8) is 0 Å². The Hall–Kier alpha value is -1.02. The van der Waals surface area contributed by atoms with Gasteiger partial charge in [-0.3, -0.25) is 4.74 Å². The zero-order valence-corrected chi connectivity index (χ0v) is 9.70. The molecule has 1 heterocycles. The van der Waals surface area contributed by atoms with Crippen molar-refractivity contribution in [2.45, 2.75) is 47.2 Å². The molecule has 2 fully saturated rings. The van der Waals surface area contributed by atoms with Crippen LogP contribution in [-0.4, -0.2) is 47.2 Å². The van der Waals surface area contributed by atoms with Gasteiger partial charge >= 0.3 is 41.6 Å². The van der Waals surface area contributed by atoms with Gasteiger partial charge in [-0.05, 0) is 0 Å². The van der Waals surface area contributed by atoms with E-state index in [4.69, 9.17) is 0 Å². The average molecular weight is 378 g/mol. The van der Waals surface area contributed by atoms with Crippen LogP contribution in [0.4, 0.5) is 61.5 Å². The number of alkyl halides is 14. The molecule has 0 aromatic carbocycles. The SMILES string of the molecule is FC1(F)OC2(C(F)(F)C1(F)F)C(F)(F)C(F)(F)C(F)(F)C2(F)F. The van der Waals surface area contributed by atoms with E-state index in [1.54, 1.807) is 0 Å². The van der Waals surface area contributed by atoms with Gasteiger partial charge in [-0.2, -0.15) is 61.5 Å². The second kappa shape index (κ2) is 3.64. The molecule has 0 unspecified atom stereocenters. The van der Waals surface area contributed by atoms with Crippen LogP contribution in [0.1, 0.15) is 0 Å². The predicted octanol–water partition coefficient (Wildman–Crippen LogP) is 4.17. The maximum atomic E-state index is 13.3. The van der Waals surface area contributed by atoms with Crippen LogP contribution in [0.15, 0.2) is 0 Å². The lowest BCUT2D eigenvalue weighted by Gasteiger charge is -2.37. The summed E-state index contributed by atoms with van der Waals surface area (Å²) in [4.78, 5) is 0. The van der Waals surface area contributed by atoms with Crippen LogP contribution >= 0.6 is 0 Å². The van der Waals surface area contributed by atoms with Gasteiger partial charge in [-0.15, -0.1) is 0 Å². The van der Waals surface area contributed by atoms with E-state index in [9.17, 15) is 61.5 Å². The van der Waals surface area contributed by atoms with Crippen molar-refractivity contribution < 1.29 is 66.2 Å². The normalized spacial score (nSPS) is 36.3. The predicted molar refractivity (Wildman–Crippen MR) is 38.4 cm³/mol. The first-order valence-electron chi connectivity index (χ1n) is 5.05. The van der Waals surface area contributed by atoms with Gasteiger partial charge in [0, 0.05) is 0 Å². The molecule has 1 aliphatic heterocycles. The maximum absolute atomic E-state index is 13.3. The van der Waals surface area contributed by atoms with Crippen LogP contribution in [0.25, 0.3) is 0 Å². The number of rotatable bonds is 0. The molecule has 0 amide bonds. The third kappa shape index (κ3) is 1.28. The quantitative estimate of drug-likeness (QED) is 0.575. The summed E-state index contributed by atoms with van der Waals surface area (Å²) in [5, 5.41) is 0. The molecule has 136 valence electrons. The minimum absolute atomic E-state index is 1.94. The average Bonchev–Trinajstić information content (AvgIpc) is 2.46. The zero-order chi connectivity index (χ0) is 18.7. The molecule has 0 aromatic rings. The molecular weight excluding hydrogens is 378 g/mol. The monoisotopic (exact) mass is 378 g/mol. The second-order valence-corrected chi connectivity index (χ2v) is 4.75. The smallest absolute Gasteiger partial charge is 0.289 e. The number of hydrogen-bond acceptors (Lipinski definition) is 1. The van der Waals surface area contributed by atoms with E-state index < -0.39 is 47.2 Å². The van der Waals surface area contributed by atoms with Gasteiger partial charge in [0.2, 0.25) is 0 Å². The molecule has 0 N–H and O–H groups in total. The van der Waals surface area contributed by atoms with Gasteiger partial charge in [-0.25, -0.2) is 0 Å². The highest BCUT2D eigenvalue weighted by Crippen LogP contribution is 2.78. The molecule has 2 aliphatic rings. The minimum atomic E-state index is -7.49. The molecule has 0 bridgehead atoms. The van der Waals surface area contributed by atoms with E-state index in [-0.39, 0.29) is 0 Å². The third-order valence-electron chi connectivity index (χ3n) is 3.55. The molecule has 1 nitrogen and oxygen atoms in total. The highest BCUT2D eigenvalue weighted by Gasteiger charge is 3.11. The fourth-order valence-electron chi connectivity index (χ4n) is 2.28. The summed E-state index contributed by atoms with van der Waals surface area (Å²) in [6, 6.07) is 0. The molecule has 0 atom stereocenters. The van der Waals surface area contributed by atoms with Gasteiger partial charge in [-0.1, -0.05) is 0 Å².